The van der Waals surface area contributed by atoms with Crippen LogP contribution in [0.5, 0.6) is 0 Å². The molecule has 1 saturated heterocycles. The molecule has 1 aromatic carbocycles. The lowest BCUT2D eigenvalue weighted by atomic mass is 10.1. The third-order valence-corrected chi connectivity index (χ3v) is 5.05. The maximum Gasteiger partial charge on any atom is 0.194 e. The number of halogens is 2. The number of benzene rings is 1. The molecule has 2 aromatic rings. The van der Waals surface area contributed by atoms with Gasteiger partial charge in [-0.05, 0) is 47.0 Å². The van der Waals surface area contributed by atoms with Gasteiger partial charge in [0.1, 0.15) is 11.9 Å². The molecule has 0 spiro atoms. The highest BCUT2D eigenvalue weighted by molar-refractivity contribution is 9.10. The van der Waals surface area contributed by atoms with Crippen LogP contribution in [0.15, 0.2) is 40.1 Å². The van der Waals surface area contributed by atoms with Crippen molar-refractivity contribution < 1.29 is 9.13 Å². The third kappa shape index (κ3) is 5.29. The van der Waals surface area contributed by atoms with Crippen LogP contribution in [0.25, 0.3) is 0 Å². The van der Waals surface area contributed by atoms with Gasteiger partial charge in [0.15, 0.2) is 5.96 Å². The van der Waals surface area contributed by atoms with Gasteiger partial charge in [0, 0.05) is 38.4 Å². The summed E-state index contributed by atoms with van der Waals surface area (Å²) in [4.78, 5) is 6.99. The first-order valence-corrected chi connectivity index (χ1v) is 9.93. The minimum absolute atomic E-state index is 0.00985. The van der Waals surface area contributed by atoms with E-state index in [-0.39, 0.29) is 11.9 Å². The normalized spacial score (nSPS) is 18.0. The number of morpholine rings is 1. The number of hydrogen-bond donors (Lipinski definition) is 1. The van der Waals surface area contributed by atoms with Crippen LogP contribution in [0.3, 0.4) is 0 Å². The first kappa shape index (κ1) is 19.8. The number of rotatable bonds is 5. The number of aryl methyl sites for hydroxylation is 1. The van der Waals surface area contributed by atoms with Gasteiger partial charge in [-0.15, -0.1) is 0 Å². The molecule has 1 atom stereocenters. The smallest absolute Gasteiger partial charge is 0.194 e. The van der Waals surface area contributed by atoms with E-state index in [0.717, 1.165) is 43.1 Å². The van der Waals surface area contributed by atoms with Crippen molar-refractivity contribution >= 4 is 21.9 Å². The summed E-state index contributed by atoms with van der Waals surface area (Å²) in [6.45, 7) is 5.68. The summed E-state index contributed by atoms with van der Waals surface area (Å²) in [5.74, 6) is 0.640. The van der Waals surface area contributed by atoms with Gasteiger partial charge >= 0.3 is 0 Å². The summed E-state index contributed by atoms with van der Waals surface area (Å²) in [6.07, 6.45) is 4.59. The quantitative estimate of drug-likeness (QED) is 0.576. The van der Waals surface area contributed by atoms with E-state index in [1.807, 2.05) is 25.5 Å². The van der Waals surface area contributed by atoms with Gasteiger partial charge in [0.05, 0.1) is 23.8 Å². The van der Waals surface area contributed by atoms with Crippen molar-refractivity contribution in [3.63, 3.8) is 0 Å². The molecule has 1 aliphatic rings. The maximum absolute atomic E-state index is 13.4. The lowest BCUT2D eigenvalue weighted by Crippen LogP contribution is -2.48. The monoisotopic (exact) mass is 437 g/mol. The Morgan fingerprint density at radius 3 is 3.04 bits per heavy atom. The van der Waals surface area contributed by atoms with E-state index in [9.17, 15) is 4.39 Å². The number of guanidine groups is 1. The first-order chi connectivity index (χ1) is 13.1. The fourth-order valence-electron chi connectivity index (χ4n) is 3.06. The van der Waals surface area contributed by atoms with Gasteiger partial charge in [-0.1, -0.05) is 6.07 Å². The molecule has 0 bridgehead atoms. The zero-order valence-corrected chi connectivity index (χ0v) is 17.2. The fraction of sp³-hybridized carbons (Fsp3) is 0.474. The van der Waals surface area contributed by atoms with Crippen LogP contribution in [0.1, 0.15) is 24.2 Å². The Balaban J connectivity index is 1.64. The number of aromatic nitrogens is 2. The van der Waals surface area contributed by atoms with Crippen molar-refractivity contribution in [2.75, 3.05) is 32.8 Å². The second-order valence-corrected chi connectivity index (χ2v) is 7.34. The van der Waals surface area contributed by atoms with E-state index in [4.69, 9.17) is 9.73 Å². The van der Waals surface area contributed by atoms with Gasteiger partial charge in [0.25, 0.3) is 0 Å². The molecule has 1 N–H and O–H groups in total. The zero-order chi connectivity index (χ0) is 19.2. The summed E-state index contributed by atoms with van der Waals surface area (Å²) < 4.78 is 21.6. The molecule has 8 heteroatoms. The number of ether oxygens (including phenoxy) is 1. The average Bonchev–Trinajstić information content (AvgIpc) is 3.10. The Hall–Kier alpha value is -1.93. The third-order valence-electron chi connectivity index (χ3n) is 4.44. The fourth-order valence-corrected chi connectivity index (χ4v) is 3.49. The highest BCUT2D eigenvalue weighted by Gasteiger charge is 2.25. The Labute approximate surface area is 167 Å². The molecule has 1 aliphatic heterocycles. The van der Waals surface area contributed by atoms with Crippen LogP contribution in [0.2, 0.25) is 0 Å². The molecule has 1 unspecified atom stereocenters. The highest BCUT2D eigenvalue weighted by atomic mass is 79.9. The molecule has 1 aromatic heterocycles. The van der Waals surface area contributed by atoms with Gasteiger partial charge in [0.2, 0.25) is 0 Å². The van der Waals surface area contributed by atoms with E-state index >= 15 is 0 Å². The summed E-state index contributed by atoms with van der Waals surface area (Å²) in [5.41, 5.74) is 2.13. The van der Waals surface area contributed by atoms with Crippen molar-refractivity contribution in [2.45, 2.75) is 19.4 Å². The van der Waals surface area contributed by atoms with E-state index in [1.165, 1.54) is 6.07 Å². The molecule has 0 saturated carbocycles. The number of hydrogen-bond acceptors (Lipinski definition) is 3. The Kier molecular flexibility index (Phi) is 6.84. The predicted molar refractivity (Wildman–Crippen MR) is 107 cm³/mol. The molecule has 2 heterocycles. The summed E-state index contributed by atoms with van der Waals surface area (Å²) in [7, 11) is 1.91. The number of nitrogens with one attached hydrogen (secondary N) is 1. The average molecular weight is 438 g/mol. The molecule has 0 amide bonds. The topological polar surface area (TPSA) is 54.7 Å². The maximum atomic E-state index is 13.4. The lowest BCUT2D eigenvalue weighted by molar-refractivity contribution is -0.00803. The van der Waals surface area contributed by atoms with E-state index in [0.29, 0.717) is 17.6 Å². The van der Waals surface area contributed by atoms with Gasteiger partial charge in [-0.3, -0.25) is 9.67 Å². The van der Waals surface area contributed by atoms with Crippen LogP contribution in [0, 0.1) is 5.82 Å². The lowest BCUT2D eigenvalue weighted by Gasteiger charge is -2.34. The van der Waals surface area contributed by atoms with Crippen LogP contribution >= 0.6 is 15.9 Å². The SMILES string of the molecule is CCNC(=NCCc1ccc(F)c(Br)c1)N1CCOC(c2cnn(C)c2)C1. The molecular weight excluding hydrogens is 413 g/mol. The zero-order valence-electron chi connectivity index (χ0n) is 15.7. The van der Waals surface area contributed by atoms with Gasteiger partial charge < -0.3 is 15.0 Å². The molecule has 1 fully saturated rings. The molecule has 3 rings (SSSR count). The molecular formula is C19H25BrFN5O. The minimum atomic E-state index is -0.245. The second-order valence-electron chi connectivity index (χ2n) is 6.49. The minimum Gasteiger partial charge on any atom is -0.370 e. The van der Waals surface area contributed by atoms with Gasteiger partial charge in [-0.2, -0.15) is 5.10 Å². The van der Waals surface area contributed by atoms with Gasteiger partial charge in [-0.25, -0.2) is 4.39 Å². The molecule has 146 valence electrons. The highest BCUT2D eigenvalue weighted by Crippen LogP contribution is 2.22. The van der Waals surface area contributed by atoms with E-state index in [2.05, 4.69) is 38.2 Å². The van der Waals surface area contributed by atoms with Crippen molar-refractivity contribution in [3.05, 3.63) is 52.0 Å². The number of nitrogens with zero attached hydrogens (tertiary/aromatic N) is 4. The first-order valence-electron chi connectivity index (χ1n) is 9.14. The summed E-state index contributed by atoms with van der Waals surface area (Å²) in [6, 6.07) is 5.09. The van der Waals surface area contributed by atoms with Crippen LogP contribution in [-0.4, -0.2) is 53.4 Å². The van der Waals surface area contributed by atoms with Crippen LogP contribution in [-0.2, 0) is 18.2 Å². The van der Waals surface area contributed by atoms with E-state index in [1.54, 1.807) is 10.7 Å². The van der Waals surface area contributed by atoms with Crippen molar-refractivity contribution in [1.29, 1.82) is 0 Å². The molecule has 0 aliphatic carbocycles. The second kappa shape index (κ2) is 9.32. The molecule has 27 heavy (non-hydrogen) atoms. The predicted octanol–water partition coefficient (Wildman–Crippen LogP) is 2.90. The molecule has 6 nitrogen and oxygen atoms in total. The van der Waals surface area contributed by atoms with Crippen LogP contribution in [0.4, 0.5) is 4.39 Å². The Morgan fingerprint density at radius 2 is 2.33 bits per heavy atom. The Bertz CT molecular complexity index is 794. The molecule has 0 radical (unpaired) electrons. The van der Waals surface area contributed by atoms with Crippen molar-refractivity contribution in [2.24, 2.45) is 12.0 Å². The van der Waals surface area contributed by atoms with Crippen molar-refractivity contribution in [3.8, 4) is 0 Å². The van der Waals surface area contributed by atoms with Crippen molar-refractivity contribution in [1.82, 2.24) is 20.0 Å². The number of aliphatic imine (C=N–C) groups is 1. The van der Waals surface area contributed by atoms with E-state index < -0.39 is 0 Å². The van der Waals surface area contributed by atoms with Crippen LogP contribution < -0.4 is 5.32 Å². The standard InChI is InChI=1S/C19H25BrFN5O/c1-3-22-19(23-7-6-14-4-5-17(21)16(20)10-14)26-8-9-27-18(13-26)15-11-24-25(2)12-15/h4-5,10-12,18H,3,6-9,13H2,1-2H3,(H,22,23). The summed E-state index contributed by atoms with van der Waals surface area (Å²) >= 11 is 3.23. The Morgan fingerprint density at radius 1 is 1.48 bits per heavy atom. The largest absolute Gasteiger partial charge is 0.370 e. The summed E-state index contributed by atoms with van der Waals surface area (Å²) in [5, 5.41) is 7.60.